The third-order valence-electron chi connectivity index (χ3n) is 5.25. The zero-order chi connectivity index (χ0) is 21.0. The van der Waals surface area contributed by atoms with Gasteiger partial charge >= 0.3 is 0 Å². The van der Waals surface area contributed by atoms with Gasteiger partial charge in [0.1, 0.15) is 0 Å². The van der Waals surface area contributed by atoms with Crippen molar-refractivity contribution in [2.75, 3.05) is 32.7 Å². The summed E-state index contributed by atoms with van der Waals surface area (Å²) in [6.07, 6.45) is 4.49. The van der Waals surface area contributed by atoms with E-state index in [0.717, 1.165) is 37.4 Å². The van der Waals surface area contributed by atoms with E-state index in [0.29, 0.717) is 42.0 Å². The Morgan fingerprint density at radius 1 is 1.13 bits per heavy atom. The predicted octanol–water partition coefficient (Wildman–Crippen LogP) is 3.44. The van der Waals surface area contributed by atoms with E-state index in [1.807, 2.05) is 22.4 Å². The lowest BCUT2D eigenvalue weighted by Gasteiger charge is -2.34. The van der Waals surface area contributed by atoms with Crippen molar-refractivity contribution in [2.45, 2.75) is 12.8 Å². The summed E-state index contributed by atoms with van der Waals surface area (Å²) in [5.41, 5.74) is 0.293. The van der Waals surface area contributed by atoms with Crippen molar-refractivity contribution < 1.29 is 18.2 Å². The second-order valence-electron chi connectivity index (χ2n) is 7.23. The van der Waals surface area contributed by atoms with Crippen molar-refractivity contribution in [3.05, 3.63) is 53.9 Å². The number of oxazole rings is 1. The molecule has 9 nitrogen and oxygen atoms in total. The summed E-state index contributed by atoms with van der Waals surface area (Å²) in [6.45, 7) is 3.83. The van der Waals surface area contributed by atoms with E-state index in [-0.39, 0.29) is 5.91 Å². The van der Waals surface area contributed by atoms with Crippen LogP contribution in [0.4, 0.5) is 0 Å². The van der Waals surface area contributed by atoms with Crippen LogP contribution in [0.5, 0.6) is 0 Å². The first kappa shape index (κ1) is 19.7. The van der Waals surface area contributed by atoms with Crippen molar-refractivity contribution in [3.63, 3.8) is 0 Å². The Morgan fingerprint density at radius 3 is 2.81 bits per heavy atom. The number of thiophene rings is 1. The molecule has 0 saturated carbocycles. The van der Waals surface area contributed by atoms with Crippen molar-refractivity contribution >= 4 is 17.2 Å². The zero-order valence-corrected chi connectivity index (χ0v) is 17.6. The lowest BCUT2D eigenvalue weighted by molar-refractivity contribution is 0.0630. The Kier molecular flexibility index (Phi) is 5.63. The minimum Gasteiger partial charge on any atom is -0.461 e. The molecule has 4 aromatic rings. The molecule has 10 heteroatoms. The Labute approximate surface area is 182 Å². The number of carbonyl (C=O) groups is 1. The summed E-state index contributed by atoms with van der Waals surface area (Å²) in [4.78, 5) is 26.6. The fraction of sp³-hybridized carbons (Fsp3) is 0.333. The molecule has 160 valence electrons. The van der Waals surface area contributed by atoms with E-state index in [1.54, 1.807) is 29.7 Å². The molecule has 0 spiro atoms. The van der Waals surface area contributed by atoms with Gasteiger partial charge in [-0.05, 0) is 36.5 Å². The van der Waals surface area contributed by atoms with Gasteiger partial charge in [0.05, 0.1) is 11.1 Å². The SMILES string of the molecule is O=C(c1ncoc1-c1ccco1)N1CCN(CCCc2nc(-c3cccs3)no2)CC1. The monoisotopic (exact) mass is 439 g/mol. The van der Waals surface area contributed by atoms with Gasteiger partial charge in [0, 0.05) is 32.6 Å². The molecule has 1 saturated heterocycles. The normalized spacial score (nSPS) is 14.9. The number of nitrogens with zero attached hydrogens (tertiary/aromatic N) is 5. The maximum atomic E-state index is 12.9. The molecule has 0 aromatic carbocycles. The highest BCUT2D eigenvalue weighted by molar-refractivity contribution is 7.13. The first-order valence-electron chi connectivity index (χ1n) is 10.1. The summed E-state index contributed by atoms with van der Waals surface area (Å²) >= 11 is 1.60. The van der Waals surface area contributed by atoms with E-state index in [2.05, 4.69) is 20.0 Å². The Morgan fingerprint density at radius 2 is 2.03 bits per heavy atom. The minimum atomic E-state index is -0.133. The molecule has 0 atom stereocenters. The van der Waals surface area contributed by atoms with Crippen LogP contribution in [0, 0.1) is 0 Å². The summed E-state index contributed by atoms with van der Waals surface area (Å²) in [6, 6.07) is 7.46. The number of carbonyl (C=O) groups excluding carboxylic acids is 1. The maximum Gasteiger partial charge on any atom is 0.276 e. The lowest BCUT2D eigenvalue weighted by Crippen LogP contribution is -2.49. The number of aromatic nitrogens is 3. The van der Waals surface area contributed by atoms with Crippen LogP contribution >= 0.6 is 11.3 Å². The van der Waals surface area contributed by atoms with Gasteiger partial charge in [-0.25, -0.2) is 4.98 Å². The molecule has 1 amide bonds. The van der Waals surface area contributed by atoms with Crippen LogP contribution in [0.15, 0.2) is 55.7 Å². The average Bonchev–Trinajstić information content (AvgIpc) is 3.60. The third kappa shape index (κ3) is 4.30. The van der Waals surface area contributed by atoms with Crippen molar-refractivity contribution in [1.82, 2.24) is 24.9 Å². The van der Waals surface area contributed by atoms with Crippen LogP contribution in [0.2, 0.25) is 0 Å². The number of piperazine rings is 1. The Bertz CT molecular complexity index is 1110. The molecule has 0 radical (unpaired) electrons. The van der Waals surface area contributed by atoms with Crippen LogP contribution in [-0.4, -0.2) is 63.6 Å². The van der Waals surface area contributed by atoms with Crippen LogP contribution in [0.3, 0.4) is 0 Å². The van der Waals surface area contributed by atoms with Gasteiger partial charge in [-0.2, -0.15) is 4.98 Å². The van der Waals surface area contributed by atoms with Crippen LogP contribution in [0.25, 0.3) is 22.2 Å². The summed E-state index contributed by atoms with van der Waals surface area (Å²) in [5, 5.41) is 6.05. The van der Waals surface area contributed by atoms with Gasteiger partial charge in [-0.15, -0.1) is 11.3 Å². The number of furan rings is 1. The fourth-order valence-corrected chi connectivity index (χ4v) is 4.27. The largest absolute Gasteiger partial charge is 0.461 e. The molecule has 4 aromatic heterocycles. The average molecular weight is 439 g/mol. The molecule has 31 heavy (non-hydrogen) atoms. The second-order valence-corrected chi connectivity index (χ2v) is 8.18. The lowest BCUT2D eigenvalue weighted by atomic mass is 10.2. The van der Waals surface area contributed by atoms with Gasteiger partial charge in [0.25, 0.3) is 5.91 Å². The van der Waals surface area contributed by atoms with E-state index in [1.165, 1.54) is 6.39 Å². The van der Waals surface area contributed by atoms with Crippen LogP contribution in [-0.2, 0) is 6.42 Å². The molecule has 0 N–H and O–H groups in total. The first-order valence-corrected chi connectivity index (χ1v) is 11.0. The number of aryl methyl sites for hydroxylation is 1. The number of amides is 1. The molecule has 1 aliphatic rings. The van der Waals surface area contributed by atoms with Gasteiger partial charge in [0.15, 0.2) is 17.8 Å². The molecule has 0 unspecified atom stereocenters. The smallest absolute Gasteiger partial charge is 0.276 e. The number of rotatable bonds is 7. The van der Waals surface area contributed by atoms with Crippen molar-refractivity contribution in [2.24, 2.45) is 0 Å². The summed E-state index contributed by atoms with van der Waals surface area (Å²) < 4.78 is 16.1. The second kappa shape index (κ2) is 8.86. The van der Waals surface area contributed by atoms with Crippen molar-refractivity contribution in [3.8, 4) is 22.2 Å². The van der Waals surface area contributed by atoms with E-state index >= 15 is 0 Å². The Balaban J connectivity index is 1.10. The van der Waals surface area contributed by atoms with Crippen LogP contribution < -0.4 is 0 Å². The third-order valence-corrected chi connectivity index (χ3v) is 6.11. The molecule has 0 bridgehead atoms. The molecule has 5 heterocycles. The van der Waals surface area contributed by atoms with E-state index in [9.17, 15) is 4.79 Å². The fourth-order valence-electron chi connectivity index (χ4n) is 3.62. The molecule has 1 fully saturated rings. The first-order chi connectivity index (χ1) is 15.3. The van der Waals surface area contributed by atoms with E-state index in [4.69, 9.17) is 13.4 Å². The quantitative estimate of drug-likeness (QED) is 0.432. The summed E-state index contributed by atoms with van der Waals surface area (Å²) in [5.74, 6) is 2.06. The minimum absolute atomic E-state index is 0.133. The molecule has 1 aliphatic heterocycles. The predicted molar refractivity (Wildman–Crippen MR) is 112 cm³/mol. The molecule has 0 aliphatic carbocycles. The van der Waals surface area contributed by atoms with E-state index < -0.39 is 0 Å². The van der Waals surface area contributed by atoms with Crippen LogP contribution in [0.1, 0.15) is 22.8 Å². The number of hydrogen-bond acceptors (Lipinski definition) is 9. The highest BCUT2D eigenvalue weighted by atomic mass is 32.1. The topological polar surface area (TPSA) is 102 Å². The van der Waals surface area contributed by atoms with Gasteiger partial charge < -0.3 is 18.3 Å². The van der Waals surface area contributed by atoms with Gasteiger partial charge in [0.2, 0.25) is 17.5 Å². The Hall–Kier alpha value is -3.24. The van der Waals surface area contributed by atoms with Gasteiger partial charge in [-0.3, -0.25) is 9.69 Å². The van der Waals surface area contributed by atoms with Gasteiger partial charge in [-0.1, -0.05) is 11.2 Å². The highest BCUT2D eigenvalue weighted by Crippen LogP contribution is 2.25. The van der Waals surface area contributed by atoms with Crippen molar-refractivity contribution in [1.29, 1.82) is 0 Å². The highest BCUT2D eigenvalue weighted by Gasteiger charge is 2.27. The zero-order valence-electron chi connectivity index (χ0n) is 16.8. The molecular formula is C21H21N5O4S. The summed E-state index contributed by atoms with van der Waals surface area (Å²) in [7, 11) is 0. The molecule has 5 rings (SSSR count). The molecular weight excluding hydrogens is 418 g/mol. The number of hydrogen-bond donors (Lipinski definition) is 0. The maximum absolute atomic E-state index is 12.9. The standard InChI is InChI=1S/C21H21N5O4S/c27-21(18-19(29-14-22-18)15-4-2-12-28-15)26-10-8-25(9-11-26)7-1-6-17-23-20(24-30-17)16-5-3-13-31-16/h2-5,12-14H,1,6-11H2.